The van der Waals surface area contributed by atoms with Crippen LogP contribution in [0.4, 0.5) is 0 Å². The van der Waals surface area contributed by atoms with Crippen molar-refractivity contribution in [2.24, 2.45) is 0 Å². The molecule has 0 amide bonds. The van der Waals surface area contributed by atoms with Crippen LogP contribution >= 0.6 is 0 Å². The van der Waals surface area contributed by atoms with Crippen molar-refractivity contribution in [3.8, 4) is 0 Å². The maximum Gasteiger partial charge on any atom is 0.117 e. The van der Waals surface area contributed by atoms with Crippen LogP contribution in [-0.2, 0) is 13.0 Å². The number of rotatable bonds is 5. The van der Waals surface area contributed by atoms with Gasteiger partial charge in [-0.3, -0.25) is 14.8 Å². The standard InChI is InChI=1S/C20H28N4O/c1-22-9-11-23(12-10-22)19-6-8-24(16-18-5-3-13-25-18)20(19)14-17-4-2-7-21-15-17/h2-5,7,13,15,19-20H,6,8-12,14,16H2,1H3/t19-,20+/m1/s1. The topological polar surface area (TPSA) is 35.8 Å². The third kappa shape index (κ3) is 3.94. The summed E-state index contributed by atoms with van der Waals surface area (Å²) in [4.78, 5) is 12.1. The lowest BCUT2D eigenvalue weighted by Crippen LogP contribution is -2.53. The van der Waals surface area contributed by atoms with Gasteiger partial charge in [-0.1, -0.05) is 6.07 Å². The van der Waals surface area contributed by atoms with E-state index >= 15 is 0 Å². The molecule has 2 saturated heterocycles. The van der Waals surface area contributed by atoms with E-state index in [1.54, 1.807) is 6.26 Å². The zero-order chi connectivity index (χ0) is 17.1. The lowest BCUT2D eigenvalue weighted by molar-refractivity contribution is 0.0835. The third-order valence-electron chi connectivity index (χ3n) is 5.74. The smallest absolute Gasteiger partial charge is 0.117 e. The zero-order valence-electron chi connectivity index (χ0n) is 15.1. The number of hydrogen-bond donors (Lipinski definition) is 0. The number of hydrogen-bond acceptors (Lipinski definition) is 5. The van der Waals surface area contributed by atoms with Crippen molar-refractivity contribution in [1.82, 2.24) is 19.7 Å². The van der Waals surface area contributed by atoms with E-state index in [9.17, 15) is 0 Å². The van der Waals surface area contributed by atoms with Gasteiger partial charge in [-0.05, 0) is 43.7 Å². The lowest BCUT2D eigenvalue weighted by Gasteiger charge is -2.40. The van der Waals surface area contributed by atoms with Crippen LogP contribution in [-0.4, -0.2) is 71.5 Å². The summed E-state index contributed by atoms with van der Waals surface area (Å²) in [5.41, 5.74) is 1.33. The Morgan fingerprint density at radius 3 is 2.72 bits per heavy atom. The summed E-state index contributed by atoms with van der Waals surface area (Å²) in [6.45, 7) is 6.76. The fraction of sp³-hybridized carbons (Fsp3) is 0.550. The van der Waals surface area contributed by atoms with Gasteiger partial charge >= 0.3 is 0 Å². The Morgan fingerprint density at radius 1 is 1.12 bits per heavy atom. The van der Waals surface area contributed by atoms with Gasteiger partial charge in [-0.2, -0.15) is 0 Å². The summed E-state index contributed by atoms with van der Waals surface area (Å²) >= 11 is 0. The molecule has 2 aromatic rings. The average molecular weight is 340 g/mol. The van der Waals surface area contributed by atoms with E-state index in [0.29, 0.717) is 12.1 Å². The highest BCUT2D eigenvalue weighted by atomic mass is 16.3. The summed E-state index contributed by atoms with van der Waals surface area (Å²) in [5, 5.41) is 0. The van der Waals surface area contributed by atoms with Crippen molar-refractivity contribution >= 4 is 0 Å². The Hall–Kier alpha value is -1.69. The minimum absolute atomic E-state index is 0.526. The molecule has 0 N–H and O–H groups in total. The van der Waals surface area contributed by atoms with Crippen molar-refractivity contribution in [3.05, 3.63) is 54.2 Å². The van der Waals surface area contributed by atoms with Crippen LogP contribution in [0.15, 0.2) is 47.3 Å². The first-order valence-corrected chi connectivity index (χ1v) is 9.37. The van der Waals surface area contributed by atoms with Crippen LogP contribution in [0.3, 0.4) is 0 Å². The van der Waals surface area contributed by atoms with Crippen molar-refractivity contribution < 1.29 is 4.42 Å². The third-order valence-corrected chi connectivity index (χ3v) is 5.74. The molecule has 134 valence electrons. The van der Waals surface area contributed by atoms with Gasteiger partial charge in [0.25, 0.3) is 0 Å². The van der Waals surface area contributed by atoms with Crippen LogP contribution in [0.2, 0.25) is 0 Å². The lowest BCUT2D eigenvalue weighted by atomic mass is 9.99. The molecule has 0 unspecified atom stereocenters. The number of furan rings is 1. The van der Waals surface area contributed by atoms with Gasteiger partial charge in [-0.25, -0.2) is 0 Å². The van der Waals surface area contributed by atoms with E-state index in [2.05, 4.69) is 38.9 Å². The number of piperazine rings is 1. The molecule has 0 bridgehead atoms. The molecule has 2 aliphatic heterocycles. The minimum Gasteiger partial charge on any atom is -0.468 e. The molecule has 0 radical (unpaired) electrons. The van der Waals surface area contributed by atoms with Crippen molar-refractivity contribution in [1.29, 1.82) is 0 Å². The van der Waals surface area contributed by atoms with Crippen LogP contribution in [0.5, 0.6) is 0 Å². The second-order valence-electron chi connectivity index (χ2n) is 7.38. The van der Waals surface area contributed by atoms with Gasteiger partial charge < -0.3 is 9.32 Å². The van der Waals surface area contributed by atoms with Crippen LogP contribution < -0.4 is 0 Å². The van der Waals surface area contributed by atoms with E-state index in [1.165, 1.54) is 38.2 Å². The highest BCUT2D eigenvalue weighted by molar-refractivity contribution is 5.13. The number of aromatic nitrogens is 1. The van der Waals surface area contributed by atoms with Crippen LogP contribution in [0.25, 0.3) is 0 Å². The molecule has 2 aromatic heterocycles. The van der Waals surface area contributed by atoms with Gasteiger partial charge in [0.2, 0.25) is 0 Å². The van der Waals surface area contributed by atoms with Crippen molar-refractivity contribution in [3.63, 3.8) is 0 Å². The Bertz CT molecular complexity index is 637. The molecule has 0 aromatic carbocycles. The van der Waals surface area contributed by atoms with E-state index in [-0.39, 0.29) is 0 Å². The maximum atomic E-state index is 5.61. The highest BCUT2D eigenvalue weighted by Crippen LogP contribution is 2.28. The predicted octanol–water partition coefficient (Wildman–Crippen LogP) is 2.11. The summed E-state index contributed by atoms with van der Waals surface area (Å²) < 4.78 is 5.61. The van der Waals surface area contributed by atoms with Gasteiger partial charge in [0, 0.05) is 57.2 Å². The monoisotopic (exact) mass is 340 g/mol. The molecule has 2 aliphatic rings. The van der Waals surface area contributed by atoms with Crippen LogP contribution in [0, 0.1) is 0 Å². The second-order valence-corrected chi connectivity index (χ2v) is 7.38. The van der Waals surface area contributed by atoms with Crippen LogP contribution in [0.1, 0.15) is 17.7 Å². The molecule has 25 heavy (non-hydrogen) atoms. The fourth-order valence-electron chi connectivity index (χ4n) is 4.30. The maximum absolute atomic E-state index is 5.61. The SMILES string of the molecule is CN1CCN([C@@H]2CCN(Cc3ccco3)[C@H]2Cc2cccnc2)CC1. The first kappa shape index (κ1) is 16.8. The molecule has 4 heterocycles. The Kier molecular flexibility index (Phi) is 5.15. The largest absolute Gasteiger partial charge is 0.468 e. The predicted molar refractivity (Wildman–Crippen MR) is 98.3 cm³/mol. The Balaban J connectivity index is 1.51. The van der Waals surface area contributed by atoms with Crippen molar-refractivity contribution in [2.75, 3.05) is 39.8 Å². The molecule has 0 aliphatic carbocycles. The molecule has 0 saturated carbocycles. The molecule has 5 heteroatoms. The Labute approximate surface area is 150 Å². The van der Waals surface area contributed by atoms with Gasteiger partial charge in [0.1, 0.15) is 5.76 Å². The quantitative estimate of drug-likeness (QED) is 0.833. The summed E-state index contributed by atoms with van der Waals surface area (Å²) in [6, 6.07) is 9.48. The van der Waals surface area contributed by atoms with Gasteiger partial charge in [-0.15, -0.1) is 0 Å². The molecular formula is C20H28N4O. The highest BCUT2D eigenvalue weighted by Gasteiger charge is 2.38. The molecule has 2 atom stereocenters. The average Bonchev–Trinajstić information content (AvgIpc) is 3.28. The number of likely N-dealkylation sites (N-methyl/N-ethyl adjacent to an activating group) is 1. The number of likely N-dealkylation sites (tertiary alicyclic amines) is 1. The normalized spacial score (nSPS) is 26.3. The number of pyridine rings is 1. The molecule has 4 rings (SSSR count). The first-order valence-electron chi connectivity index (χ1n) is 9.37. The molecule has 5 nitrogen and oxygen atoms in total. The minimum atomic E-state index is 0.526. The summed E-state index contributed by atoms with van der Waals surface area (Å²) in [7, 11) is 2.22. The zero-order valence-corrected chi connectivity index (χ0v) is 15.1. The fourth-order valence-corrected chi connectivity index (χ4v) is 4.30. The van der Waals surface area contributed by atoms with E-state index in [4.69, 9.17) is 4.42 Å². The second kappa shape index (κ2) is 7.68. The summed E-state index contributed by atoms with van der Waals surface area (Å²) in [6.07, 6.45) is 7.96. The van der Waals surface area contributed by atoms with E-state index in [0.717, 1.165) is 25.3 Å². The Morgan fingerprint density at radius 2 is 2.00 bits per heavy atom. The van der Waals surface area contributed by atoms with E-state index in [1.807, 2.05) is 24.5 Å². The van der Waals surface area contributed by atoms with Gasteiger partial charge in [0.15, 0.2) is 0 Å². The number of nitrogens with zero attached hydrogens (tertiary/aromatic N) is 4. The molecule has 2 fully saturated rings. The van der Waals surface area contributed by atoms with E-state index < -0.39 is 0 Å². The van der Waals surface area contributed by atoms with Gasteiger partial charge in [0.05, 0.1) is 12.8 Å². The molecular weight excluding hydrogens is 312 g/mol. The summed E-state index contributed by atoms with van der Waals surface area (Å²) in [5.74, 6) is 1.07. The molecule has 0 spiro atoms. The van der Waals surface area contributed by atoms with Crippen molar-refractivity contribution in [2.45, 2.75) is 31.5 Å². The first-order chi connectivity index (χ1) is 12.3.